The van der Waals surface area contributed by atoms with Gasteiger partial charge in [0.15, 0.2) is 0 Å². The Kier molecular flexibility index (Phi) is 11.3. The highest BCUT2D eigenvalue weighted by Crippen LogP contribution is 2.56. The molecule has 0 radical (unpaired) electrons. The molecule has 0 atom stereocenters. The predicted molar refractivity (Wildman–Crippen MR) is 346 cm³/mol. The van der Waals surface area contributed by atoms with Crippen molar-refractivity contribution in [2.45, 2.75) is 57.8 Å². The van der Waals surface area contributed by atoms with Crippen LogP contribution in [0.1, 0.15) is 74.9 Å². The molecule has 15 rings (SSSR count). The topological polar surface area (TPSA) is 3.24 Å². The number of hydrogen-bond donors (Lipinski definition) is 0. The molecule has 0 spiro atoms. The molecule has 0 fully saturated rings. The molecule has 0 heterocycles. The summed E-state index contributed by atoms with van der Waals surface area (Å²) in [7, 11) is 0. The fourth-order valence-corrected chi connectivity index (χ4v) is 14.0. The number of hydrogen-bond acceptors (Lipinski definition) is 1. The highest BCUT2D eigenvalue weighted by molar-refractivity contribution is 5.92. The Morgan fingerprint density at radius 2 is 0.366 bits per heavy atom. The fourth-order valence-electron chi connectivity index (χ4n) is 14.0. The van der Waals surface area contributed by atoms with Crippen molar-refractivity contribution in [3.63, 3.8) is 0 Å². The summed E-state index contributed by atoms with van der Waals surface area (Å²) in [6.07, 6.45) is 0. The molecule has 12 aromatic carbocycles. The number of nitrogens with zero attached hydrogens (tertiary/aromatic N) is 1. The van der Waals surface area contributed by atoms with Gasteiger partial charge in [0, 0.05) is 33.3 Å². The van der Waals surface area contributed by atoms with Gasteiger partial charge >= 0.3 is 0 Å². The van der Waals surface area contributed by atoms with Crippen LogP contribution in [0.4, 0.5) is 17.1 Å². The summed E-state index contributed by atoms with van der Waals surface area (Å²) in [6, 6.07) is 102. The van der Waals surface area contributed by atoms with Crippen LogP contribution in [0.2, 0.25) is 0 Å². The van der Waals surface area contributed by atoms with Crippen LogP contribution in [0.3, 0.4) is 0 Å². The van der Waals surface area contributed by atoms with Crippen LogP contribution in [0, 0.1) is 0 Å². The predicted octanol–water partition coefficient (Wildman–Crippen LogP) is 22.1. The largest absolute Gasteiger partial charge is 0.310 e. The second-order valence-electron chi connectivity index (χ2n) is 24.5. The third kappa shape index (κ3) is 7.97. The Balaban J connectivity index is 0.810. The van der Waals surface area contributed by atoms with E-state index in [0.717, 1.165) is 17.1 Å². The van der Waals surface area contributed by atoms with E-state index in [2.05, 4.69) is 319 Å². The molecule has 0 unspecified atom stereocenters. The van der Waals surface area contributed by atoms with Gasteiger partial charge in [0.2, 0.25) is 0 Å². The SMILES string of the molecule is CC1(C)c2cc(-c3ccc(-c4ccccc4)cc3)ccc2-c2ccc(N(c3ccc4c(c3)C(C)(C)c3cc(-c5ccc(-c6ccccc6)cc5)ccc3-4)c3ccc4c(c3)C(C)(C)c3cc(-c5ccc(-c6ccccc6)cc5)ccc3-4)cc21. The minimum absolute atomic E-state index is 0.241. The standard InChI is InChI=1S/C81H63N/c1-79(2)73-46-61(58-28-22-55(23-29-58)52-16-10-7-11-17-52)34-40-67(73)70-43-37-64(49-76(70)79)82(65-38-44-71-68-41-35-62(47-74(68)80(3,4)77(71)50-65)59-30-24-56(25-31-59)53-18-12-8-13-19-53)66-39-45-72-69-42-36-63(48-75(69)81(5,6)78(72)51-66)60-32-26-57(27-33-60)54-20-14-9-15-21-54/h7-51H,1-6H3. The van der Waals surface area contributed by atoms with E-state index in [1.807, 2.05) is 0 Å². The summed E-state index contributed by atoms with van der Waals surface area (Å²) in [5.41, 5.74) is 33.5. The van der Waals surface area contributed by atoms with Crippen LogP contribution in [-0.4, -0.2) is 0 Å². The zero-order valence-electron chi connectivity index (χ0n) is 47.4. The molecular weight excluding hydrogens is 987 g/mol. The van der Waals surface area contributed by atoms with E-state index in [1.165, 1.54) is 134 Å². The molecule has 1 heteroatoms. The van der Waals surface area contributed by atoms with E-state index in [1.54, 1.807) is 0 Å². The van der Waals surface area contributed by atoms with Crippen LogP contribution in [0.15, 0.2) is 273 Å². The first kappa shape index (κ1) is 49.5. The fraction of sp³-hybridized carbons (Fsp3) is 0.111. The lowest BCUT2D eigenvalue weighted by Crippen LogP contribution is -2.19. The Bertz CT molecular complexity index is 4000. The van der Waals surface area contributed by atoms with E-state index in [-0.39, 0.29) is 16.2 Å². The smallest absolute Gasteiger partial charge is 0.0465 e. The molecule has 3 aliphatic carbocycles. The van der Waals surface area contributed by atoms with Gasteiger partial charge < -0.3 is 4.90 Å². The van der Waals surface area contributed by atoms with Crippen molar-refractivity contribution in [3.05, 3.63) is 306 Å². The van der Waals surface area contributed by atoms with Gasteiger partial charge in [-0.05, 0) is 188 Å². The highest BCUT2D eigenvalue weighted by atomic mass is 15.1. The molecule has 0 N–H and O–H groups in total. The first-order chi connectivity index (χ1) is 39.9. The number of fused-ring (bicyclic) bond motifs is 9. The lowest BCUT2D eigenvalue weighted by molar-refractivity contribution is 0.659. The summed E-state index contributed by atoms with van der Waals surface area (Å²) in [4.78, 5) is 2.54. The average Bonchev–Trinajstić information content (AvgIpc) is 3.66. The summed E-state index contributed by atoms with van der Waals surface area (Å²) in [5, 5.41) is 0. The molecule has 0 amide bonds. The van der Waals surface area contributed by atoms with Gasteiger partial charge in [-0.25, -0.2) is 0 Å². The molecule has 12 aromatic rings. The van der Waals surface area contributed by atoms with Crippen LogP contribution in [0.5, 0.6) is 0 Å². The van der Waals surface area contributed by atoms with Crippen molar-refractivity contribution in [1.29, 1.82) is 0 Å². The maximum absolute atomic E-state index is 2.54. The minimum Gasteiger partial charge on any atom is -0.310 e. The number of rotatable bonds is 9. The summed E-state index contributed by atoms with van der Waals surface area (Å²) in [6.45, 7) is 14.5. The van der Waals surface area contributed by atoms with Gasteiger partial charge in [-0.15, -0.1) is 0 Å². The molecule has 0 saturated carbocycles. The summed E-state index contributed by atoms with van der Waals surface area (Å²) in [5.74, 6) is 0. The quantitative estimate of drug-likeness (QED) is 0.139. The lowest BCUT2D eigenvalue weighted by atomic mass is 9.80. The number of anilines is 3. The molecule has 3 aliphatic rings. The Hall–Kier alpha value is -9.56. The minimum atomic E-state index is -0.241. The van der Waals surface area contributed by atoms with E-state index >= 15 is 0 Å². The zero-order chi connectivity index (χ0) is 55.5. The number of benzene rings is 12. The van der Waals surface area contributed by atoms with Crippen molar-refractivity contribution in [1.82, 2.24) is 0 Å². The van der Waals surface area contributed by atoms with Gasteiger partial charge in [-0.2, -0.15) is 0 Å². The Labute approximate surface area is 483 Å². The van der Waals surface area contributed by atoms with Gasteiger partial charge in [0.25, 0.3) is 0 Å². The van der Waals surface area contributed by atoms with Crippen LogP contribution >= 0.6 is 0 Å². The molecule has 0 aromatic heterocycles. The van der Waals surface area contributed by atoms with Crippen molar-refractivity contribution < 1.29 is 0 Å². The van der Waals surface area contributed by atoms with E-state index in [4.69, 9.17) is 0 Å². The molecule has 1 nitrogen and oxygen atoms in total. The molecule has 392 valence electrons. The first-order valence-corrected chi connectivity index (χ1v) is 29.0. The highest BCUT2D eigenvalue weighted by Gasteiger charge is 2.40. The van der Waals surface area contributed by atoms with Gasteiger partial charge in [-0.3, -0.25) is 0 Å². The lowest BCUT2D eigenvalue weighted by Gasteiger charge is -2.31. The van der Waals surface area contributed by atoms with Crippen LogP contribution < -0.4 is 4.90 Å². The third-order valence-corrected chi connectivity index (χ3v) is 18.7. The zero-order valence-corrected chi connectivity index (χ0v) is 47.4. The van der Waals surface area contributed by atoms with Gasteiger partial charge in [0.1, 0.15) is 0 Å². The van der Waals surface area contributed by atoms with E-state index < -0.39 is 0 Å². The molecule has 0 saturated heterocycles. The average molecular weight is 1050 g/mol. The third-order valence-electron chi connectivity index (χ3n) is 18.7. The van der Waals surface area contributed by atoms with Crippen molar-refractivity contribution >= 4 is 17.1 Å². The maximum atomic E-state index is 2.54. The van der Waals surface area contributed by atoms with Crippen LogP contribution in [-0.2, 0) is 16.2 Å². The molecule has 82 heavy (non-hydrogen) atoms. The molecular formula is C81H63N. The van der Waals surface area contributed by atoms with Gasteiger partial charge in [-0.1, -0.05) is 260 Å². The molecule has 0 aliphatic heterocycles. The summed E-state index contributed by atoms with van der Waals surface area (Å²) >= 11 is 0. The Morgan fingerprint density at radius 1 is 0.183 bits per heavy atom. The van der Waals surface area contributed by atoms with E-state index in [0.29, 0.717) is 0 Å². The monoisotopic (exact) mass is 1050 g/mol. The second kappa shape index (κ2) is 18.8. The van der Waals surface area contributed by atoms with Crippen molar-refractivity contribution in [3.8, 4) is 100 Å². The molecule has 0 bridgehead atoms. The Morgan fingerprint density at radius 3 is 0.610 bits per heavy atom. The van der Waals surface area contributed by atoms with E-state index in [9.17, 15) is 0 Å². The van der Waals surface area contributed by atoms with Crippen LogP contribution in [0.25, 0.3) is 100 Å². The normalized spacial score (nSPS) is 14.3. The first-order valence-electron chi connectivity index (χ1n) is 29.0. The van der Waals surface area contributed by atoms with Crippen molar-refractivity contribution in [2.75, 3.05) is 4.90 Å². The van der Waals surface area contributed by atoms with Gasteiger partial charge in [0.05, 0.1) is 0 Å². The van der Waals surface area contributed by atoms with Crippen molar-refractivity contribution in [2.24, 2.45) is 0 Å². The maximum Gasteiger partial charge on any atom is 0.0465 e. The summed E-state index contributed by atoms with van der Waals surface area (Å²) < 4.78 is 0. The second-order valence-corrected chi connectivity index (χ2v) is 24.5.